The second kappa shape index (κ2) is 6.88. The van der Waals surface area contributed by atoms with Crippen molar-refractivity contribution >= 4 is 44.7 Å². The molecule has 4 aromatic rings. The predicted octanol–water partition coefficient (Wildman–Crippen LogP) is 4.04. The zero-order chi connectivity index (χ0) is 16.7. The number of rotatable bonds is 3. The smallest absolute Gasteiger partial charge is 0.266 e. The number of benzene rings is 2. The Bertz CT molecular complexity index is 1100. The van der Waals surface area contributed by atoms with Crippen LogP contribution in [0.4, 0.5) is 0 Å². The summed E-state index contributed by atoms with van der Waals surface area (Å²) in [6.07, 6.45) is 0.823. The highest BCUT2D eigenvalue weighted by molar-refractivity contribution is 7.17. The van der Waals surface area contributed by atoms with E-state index in [9.17, 15) is 9.90 Å². The summed E-state index contributed by atoms with van der Waals surface area (Å²) in [4.78, 5) is 15.1. The number of hydrogen-bond donors (Lipinski definition) is 3. The number of nitrogens with one attached hydrogen (secondary N) is 1. The molecule has 2 aromatic heterocycles. The Morgan fingerprint density at radius 2 is 1.84 bits per heavy atom. The fourth-order valence-corrected chi connectivity index (χ4v) is 3.93. The lowest BCUT2D eigenvalue weighted by Gasteiger charge is -2.11. The largest absolute Gasteiger partial charge is 0.507 e. The van der Waals surface area contributed by atoms with E-state index in [2.05, 4.69) is 4.98 Å². The van der Waals surface area contributed by atoms with Gasteiger partial charge in [-0.25, -0.2) is 0 Å². The first kappa shape index (κ1) is 17.5. The highest BCUT2D eigenvalue weighted by Crippen LogP contribution is 2.39. The first-order chi connectivity index (χ1) is 11.7. The van der Waals surface area contributed by atoms with Crippen LogP contribution < -0.4 is 11.3 Å². The highest BCUT2D eigenvalue weighted by Gasteiger charge is 2.15. The molecular weight excluding hydrogens is 356 g/mol. The standard InChI is InChI=1S/C19H16N2O2S.ClH/c20-9-7-11-1-3-12(4-2-11)16-15(22)6-5-14-17(16)13-8-10-24-18(13)19(23)21-14;/h1-6,8,10,22H,7,9,20H2,(H,21,23);1H. The van der Waals surface area contributed by atoms with E-state index in [4.69, 9.17) is 5.73 Å². The van der Waals surface area contributed by atoms with E-state index in [0.717, 1.165) is 39.4 Å². The van der Waals surface area contributed by atoms with Crippen LogP contribution >= 0.6 is 23.7 Å². The number of fused-ring (bicyclic) bond motifs is 3. The van der Waals surface area contributed by atoms with Crippen molar-refractivity contribution < 1.29 is 5.11 Å². The summed E-state index contributed by atoms with van der Waals surface area (Å²) in [7, 11) is 0. The van der Waals surface area contributed by atoms with E-state index in [-0.39, 0.29) is 23.7 Å². The van der Waals surface area contributed by atoms with Gasteiger partial charge in [-0.1, -0.05) is 24.3 Å². The highest BCUT2D eigenvalue weighted by atomic mass is 35.5. The van der Waals surface area contributed by atoms with Crippen molar-refractivity contribution in [2.24, 2.45) is 5.73 Å². The van der Waals surface area contributed by atoms with Crippen molar-refractivity contribution in [2.75, 3.05) is 6.54 Å². The van der Waals surface area contributed by atoms with Gasteiger partial charge >= 0.3 is 0 Å². The minimum atomic E-state index is -0.0950. The van der Waals surface area contributed by atoms with Gasteiger partial charge in [-0.05, 0) is 47.7 Å². The summed E-state index contributed by atoms with van der Waals surface area (Å²) in [6, 6.07) is 13.3. The number of aromatic amines is 1. The number of aromatic hydroxyl groups is 1. The van der Waals surface area contributed by atoms with Gasteiger partial charge < -0.3 is 15.8 Å². The van der Waals surface area contributed by atoms with Crippen LogP contribution in [-0.4, -0.2) is 16.6 Å². The third-order valence-electron chi connectivity index (χ3n) is 4.25. The monoisotopic (exact) mass is 372 g/mol. The van der Waals surface area contributed by atoms with Crippen LogP contribution in [0.5, 0.6) is 5.75 Å². The zero-order valence-electron chi connectivity index (χ0n) is 13.3. The van der Waals surface area contributed by atoms with Crippen molar-refractivity contribution in [3.8, 4) is 16.9 Å². The minimum Gasteiger partial charge on any atom is -0.507 e. The molecule has 0 fully saturated rings. The Kier molecular flexibility index (Phi) is 4.81. The summed E-state index contributed by atoms with van der Waals surface area (Å²) in [5.41, 5.74) is 9.05. The number of pyridine rings is 1. The predicted molar refractivity (Wildman–Crippen MR) is 107 cm³/mol. The van der Waals surface area contributed by atoms with Gasteiger partial charge in [0.2, 0.25) is 0 Å². The Labute approximate surface area is 154 Å². The quantitative estimate of drug-likeness (QED) is 0.507. The van der Waals surface area contributed by atoms with Gasteiger partial charge in [0.05, 0.1) is 0 Å². The fraction of sp³-hybridized carbons (Fsp3) is 0.105. The van der Waals surface area contributed by atoms with Crippen molar-refractivity contribution in [1.29, 1.82) is 0 Å². The van der Waals surface area contributed by atoms with Crippen molar-refractivity contribution in [1.82, 2.24) is 4.98 Å². The number of thiophene rings is 1. The van der Waals surface area contributed by atoms with E-state index < -0.39 is 0 Å². The van der Waals surface area contributed by atoms with Gasteiger partial charge in [-0.3, -0.25) is 4.79 Å². The van der Waals surface area contributed by atoms with Gasteiger partial charge in [0.15, 0.2) is 0 Å². The second-order valence-electron chi connectivity index (χ2n) is 5.74. The molecule has 0 aliphatic carbocycles. The van der Waals surface area contributed by atoms with Crippen LogP contribution in [0.3, 0.4) is 0 Å². The van der Waals surface area contributed by atoms with E-state index >= 15 is 0 Å². The SMILES string of the molecule is Cl.NCCc1ccc(-c2c(O)ccc3[nH]c(=O)c4sccc4c23)cc1. The molecule has 4 rings (SSSR count). The molecular formula is C19H17ClN2O2S. The molecule has 0 aliphatic heterocycles. The number of phenolic OH excluding ortho intramolecular Hbond substituents is 1. The Hall–Kier alpha value is -2.34. The topological polar surface area (TPSA) is 79.1 Å². The molecule has 0 unspecified atom stereocenters. The van der Waals surface area contributed by atoms with E-state index in [1.54, 1.807) is 12.1 Å². The maximum Gasteiger partial charge on any atom is 0.266 e. The molecule has 0 bridgehead atoms. The molecule has 0 atom stereocenters. The second-order valence-corrected chi connectivity index (χ2v) is 6.65. The molecule has 0 saturated carbocycles. The third kappa shape index (κ3) is 2.91. The summed E-state index contributed by atoms with van der Waals surface area (Å²) in [6.45, 7) is 0.607. The van der Waals surface area contributed by atoms with Crippen LogP contribution in [0.2, 0.25) is 0 Å². The van der Waals surface area contributed by atoms with Gasteiger partial charge in [-0.15, -0.1) is 23.7 Å². The maximum atomic E-state index is 12.2. The molecule has 2 heterocycles. The summed E-state index contributed by atoms with van der Waals surface area (Å²) < 4.78 is 0.675. The van der Waals surface area contributed by atoms with Crippen LogP contribution in [0, 0.1) is 0 Å². The van der Waals surface area contributed by atoms with Crippen molar-refractivity contribution in [3.63, 3.8) is 0 Å². The van der Waals surface area contributed by atoms with Crippen molar-refractivity contribution in [2.45, 2.75) is 6.42 Å². The Morgan fingerprint density at radius 1 is 1.08 bits per heavy atom. The Balaban J connectivity index is 0.00000182. The number of aromatic nitrogens is 1. The van der Waals surface area contributed by atoms with Crippen LogP contribution in [0.1, 0.15) is 5.56 Å². The number of phenols is 1. The third-order valence-corrected chi connectivity index (χ3v) is 5.16. The van der Waals surface area contributed by atoms with E-state index in [1.165, 1.54) is 11.3 Å². The van der Waals surface area contributed by atoms with Crippen LogP contribution in [0.15, 0.2) is 52.6 Å². The van der Waals surface area contributed by atoms with Gasteiger partial charge in [0.1, 0.15) is 10.4 Å². The lowest BCUT2D eigenvalue weighted by molar-refractivity contribution is 0.478. The molecule has 4 nitrogen and oxygen atoms in total. The van der Waals surface area contributed by atoms with Crippen LogP contribution in [-0.2, 0) is 6.42 Å². The number of hydrogen-bond acceptors (Lipinski definition) is 4. The molecule has 0 saturated heterocycles. The fourth-order valence-electron chi connectivity index (χ4n) is 3.13. The molecule has 128 valence electrons. The van der Waals surface area contributed by atoms with Crippen LogP contribution in [0.25, 0.3) is 32.1 Å². The number of halogens is 1. The molecule has 0 aliphatic rings. The first-order valence-electron chi connectivity index (χ1n) is 7.73. The molecule has 25 heavy (non-hydrogen) atoms. The number of nitrogens with two attached hydrogens (primary N) is 1. The Morgan fingerprint density at radius 3 is 2.56 bits per heavy atom. The molecule has 0 spiro atoms. The van der Waals surface area contributed by atoms with Gasteiger partial charge in [0, 0.05) is 21.9 Å². The lowest BCUT2D eigenvalue weighted by Crippen LogP contribution is -2.04. The number of H-pyrrole nitrogens is 1. The normalized spacial score (nSPS) is 10.9. The molecule has 4 N–H and O–H groups in total. The molecule has 0 amide bonds. The van der Waals surface area contributed by atoms with Crippen molar-refractivity contribution in [3.05, 3.63) is 63.8 Å². The van der Waals surface area contributed by atoms with Gasteiger partial charge in [0.25, 0.3) is 5.56 Å². The van der Waals surface area contributed by atoms with E-state index in [1.807, 2.05) is 35.7 Å². The molecule has 0 radical (unpaired) electrons. The van der Waals surface area contributed by atoms with Gasteiger partial charge in [-0.2, -0.15) is 0 Å². The summed E-state index contributed by atoms with van der Waals surface area (Å²) >= 11 is 1.41. The van der Waals surface area contributed by atoms with E-state index in [0.29, 0.717) is 11.2 Å². The average molecular weight is 373 g/mol. The minimum absolute atomic E-state index is 0. The first-order valence-corrected chi connectivity index (χ1v) is 8.61. The lowest BCUT2D eigenvalue weighted by atomic mass is 9.96. The molecule has 2 aromatic carbocycles. The zero-order valence-corrected chi connectivity index (χ0v) is 14.9. The molecule has 6 heteroatoms. The average Bonchev–Trinajstić information content (AvgIpc) is 3.07. The maximum absolute atomic E-state index is 12.2. The summed E-state index contributed by atoms with van der Waals surface area (Å²) in [5, 5.41) is 14.1. The summed E-state index contributed by atoms with van der Waals surface area (Å²) in [5.74, 6) is 0.202.